The van der Waals surface area contributed by atoms with Crippen molar-refractivity contribution in [1.82, 2.24) is 14.8 Å². The second-order valence-electron chi connectivity index (χ2n) is 7.08. The molecule has 1 unspecified atom stereocenters. The Hall–Kier alpha value is -3.00. The van der Waals surface area contributed by atoms with Crippen LogP contribution in [0.25, 0.3) is 5.00 Å². The number of hydrogen-bond acceptors (Lipinski definition) is 6. The van der Waals surface area contributed by atoms with E-state index in [0.717, 1.165) is 27.4 Å². The molecule has 0 spiro atoms. The van der Waals surface area contributed by atoms with Crippen molar-refractivity contribution in [2.75, 3.05) is 5.73 Å². The molecule has 4 rings (SSSR count). The molecule has 7 nitrogen and oxygen atoms in total. The third kappa shape index (κ3) is 2.72. The van der Waals surface area contributed by atoms with Crippen molar-refractivity contribution >= 4 is 28.7 Å². The van der Waals surface area contributed by atoms with Gasteiger partial charge in [-0.05, 0) is 45.4 Å². The first kappa shape index (κ1) is 18.4. The van der Waals surface area contributed by atoms with Crippen LogP contribution in [0, 0.1) is 26.7 Å². The minimum Gasteiger partial charge on any atom is -0.481 e. The van der Waals surface area contributed by atoms with E-state index < -0.39 is 17.9 Å². The second-order valence-corrected chi connectivity index (χ2v) is 8.28. The zero-order chi connectivity index (χ0) is 20.2. The standard InChI is InChI=1S/C20H21N5O2S/c1-9-11(3)28-19-15(9)17(13-5-7-14(21)8-6-13)22-16(10(2)20(26)27)18-24-23-12(4)25(18)19/h5-8,10,16H,21H2,1-4H3,(H,26,27)/t10-,16?/m0/s1. The number of hydrogen-bond donors (Lipinski definition) is 2. The number of nitrogen functional groups attached to an aromatic ring is 1. The van der Waals surface area contributed by atoms with E-state index in [-0.39, 0.29) is 0 Å². The summed E-state index contributed by atoms with van der Waals surface area (Å²) in [6.07, 6.45) is 0. The predicted molar refractivity (Wildman–Crippen MR) is 109 cm³/mol. The molecule has 0 amide bonds. The summed E-state index contributed by atoms with van der Waals surface area (Å²) < 4.78 is 1.96. The Morgan fingerprint density at radius 2 is 1.89 bits per heavy atom. The number of carboxylic acid groups (broad SMARTS) is 1. The summed E-state index contributed by atoms with van der Waals surface area (Å²) in [5.74, 6) is -0.397. The number of nitrogens with two attached hydrogens (primary N) is 1. The molecule has 0 fully saturated rings. The first-order valence-electron chi connectivity index (χ1n) is 8.98. The van der Waals surface area contributed by atoms with Crippen LogP contribution in [0.2, 0.25) is 0 Å². The number of aliphatic imine (C=N–C) groups is 1. The molecule has 3 aromatic rings. The average Bonchev–Trinajstić information content (AvgIpc) is 3.12. The molecule has 1 aliphatic heterocycles. The van der Waals surface area contributed by atoms with Crippen molar-refractivity contribution < 1.29 is 9.90 Å². The molecule has 0 saturated heterocycles. The third-order valence-electron chi connectivity index (χ3n) is 5.24. The quantitative estimate of drug-likeness (QED) is 0.661. The zero-order valence-electron chi connectivity index (χ0n) is 16.1. The smallest absolute Gasteiger partial charge is 0.308 e. The van der Waals surface area contributed by atoms with Crippen molar-refractivity contribution in [3.63, 3.8) is 0 Å². The van der Waals surface area contributed by atoms with Crippen molar-refractivity contribution in [2.24, 2.45) is 10.9 Å². The Morgan fingerprint density at radius 3 is 2.54 bits per heavy atom. The van der Waals surface area contributed by atoms with Gasteiger partial charge in [-0.1, -0.05) is 12.1 Å². The lowest BCUT2D eigenvalue weighted by Crippen LogP contribution is -2.21. The van der Waals surface area contributed by atoms with E-state index in [1.807, 2.05) is 35.8 Å². The summed E-state index contributed by atoms with van der Waals surface area (Å²) in [5, 5.41) is 19.2. The number of carboxylic acids is 1. The monoisotopic (exact) mass is 395 g/mol. The van der Waals surface area contributed by atoms with Crippen LogP contribution >= 0.6 is 11.3 Å². The Kier molecular flexibility index (Phi) is 4.30. The second kappa shape index (κ2) is 6.56. The molecule has 144 valence electrons. The molecule has 3 heterocycles. The van der Waals surface area contributed by atoms with Gasteiger partial charge < -0.3 is 10.8 Å². The van der Waals surface area contributed by atoms with Gasteiger partial charge in [0.05, 0.1) is 11.6 Å². The van der Waals surface area contributed by atoms with Crippen LogP contribution in [0.4, 0.5) is 5.69 Å². The summed E-state index contributed by atoms with van der Waals surface area (Å²) >= 11 is 1.65. The normalized spacial score (nSPS) is 16.7. The van der Waals surface area contributed by atoms with Gasteiger partial charge in [0.25, 0.3) is 0 Å². The number of rotatable bonds is 3. The summed E-state index contributed by atoms with van der Waals surface area (Å²) in [5.41, 5.74) is 10.3. The maximum absolute atomic E-state index is 11.8. The van der Waals surface area contributed by atoms with E-state index in [1.54, 1.807) is 18.3 Å². The van der Waals surface area contributed by atoms with E-state index in [9.17, 15) is 9.90 Å². The molecule has 2 aromatic heterocycles. The van der Waals surface area contributed by atoms with Crippen molar-refractivity contribution in [3.05, 3.63) is 57.5 Å². The van der Waals surface area contributed by atoms with Crippen molar-refractivity contribution in [2.45, 2.75) is 33.7 Å². The number of aromatic nitrogens is 3. The number of thiophene rings is 1. The summed E-state index contributed by atoms with van der Waals surface area (Å²) in [6.45, 7) is 7.67. The molecule has 0 bridgehead atoms. The van der Waals surface area contributed by atoms with Gasteiger partial charge in [-0.15, -0.1) is 21.5 Å². The van der Waals surface area contributed by atoms with Crippen molar-refractivity contribution in [1.29, 1.82) is 0 Å². The molecule has 0 saturated carbocycles. The maximum atomic E-state index is 11.8. The molecule has 28 heavy (non-hydrogen) atoms. The van der Waals surface area contributed by atoms with Gasteiger partial charge >= 0.3 is 5.97 Å². The van der Waals surface area contributed by atoms with E-state index in [2.05, 4.69) is 24.0 Å². The van der Waals surface area contributed by atoms with E-state index >= 15 is 0 Å². The molecule has 8 heteroatoms. The Labute approximate surface area is 166 Å². The van der Waals surface area contributed by atoms with Gasteiger partial charge in [-0.3, -0.25) is 14.4 Å². The lowest BCUT2D eigenvalue weighted by atomic mass is 9.98. The number of carbonyl (C=O) groups is 1. The highest BCUT2D eigenvalue weighted by molar-refractivity contribution is 7.15. The van der Waals surface area contributed by atoms with E-state index in [4.69, 9.17) is 10.7 Å². The first-order valence-corrected chi connectivity index (χ1v) is 9.80. The lowest BCUT2D eigenvalue weighted by Gasteiger charge is -2.16. The minimum absolute atomic E-state index is 0.556. The molecule has 1 aliphatic rings. The predicted octanol–water partition coefficient (Wildman–Crippen LogP) is 3.45. The van der Waals surface area contributed by atoms with E-state index in [0.29, 0.717) is 17.3 Å². The topological polar surface area (TPSA) is 106 Å². The Bertz CT molecular complexity index is 1110. The van der Waals surface area contributed by atoms with E-state index in [1.165, 1.54) is 4.88 Å². The average molecular weight is 395 g/mol. The van der Waals surface area contributed by atoms with Gasteiger partial charge in [-0.2, -0.15) is 0 Å². The van der Waals surface area contributed by atoms with Crippen LogP contribution in [-0.2, 0) is 4.79 Å². The Balaban J connectivity index is 2.06. The van der Waals surface area contributed by atoms with Gasteiger partial charge in [0.15, 0.2) is 5.82 Å². The van der Waals surface area contributed by atoms with Gasteiger partial charge in [0, 0.05) is 21.7 Å². The Morgan fingerprint density at radius 1 is 1.21 bits per heavy atom. The first-order chi connectivity index (χ1) is 13.3. The van der Waals surface area contributed by atoms with Crippen LogP contribution < -0.4 is 5.73 Å². The number of benzene rings is 1. The number of fused-ring (bicyclic) bond motifs is 3. The molecule has 2 atom stereocenters. The lowest BCUT2D eigenvalue weighted by molar-refractivity contribution is -0.141. The number of nitrogens with zero attached hydrogens (tertiary/aromatic N) is 4. The number of anilines is 1. The minimum atomic E-state index is -0.921. The molecule has 0 radical (unpaired) electrons. The fraction of sp³-hybridized carbons (Fsp3) is 0.300. The third-order valence-corrected chi connectivity index (χ3v) is 6.43. The molecular weight excluding hydrogens is 374 g/mol. The zero-order valence-corrected chi connectivity index (χ0v) is 16.9. The maximum Gasteiger partial charge on any atom is 0.308 e. The van der Waals surface area contributed by atoms with Gasteiger partial charge in [0.1, 0.15) is 16.9 Å². The van der Waals surface area contributed by atoms with Crippen LogP contribution in [0.5, 0.6) is 0 Å². The SMILES string of the molecule is Cc1sc2c(c1C)C(c1ccc(N)cc1)=NC([C@H](C)C(=O)O)c1nnc(C)n1-2. The van der Waals surface area contributed by atoms with Gasteiger partial charge in [0.2, 0.25) is 0 Å². The molecular formula is C20H21N5O2S. The van der Waals surface area contributed by atoms with Gasteiger partial charge in [-0.25, -0.2) is 0 Å². The summed E-state index contributed by atoms with van der Waals surface area (Å²) in [6, 6.07) is 6.86. The van der Waals surface area contributed by atoms with Crippen molar-refractivity contribution in [3.8, 4) is 5.00 Å². The number of aryl methyl sites for hydroxylation is 2. The molecule has 1 aromatic carbocycles. The highest BCUT2D eigenvalue weighted by Crippen LogP contribution is 2.40. The molecule has 3 N–H and O–H groups in total. The fourth-order valence-corrected chi connectivity index (χ4v) is 4.67. The number of aliphatic carboxylic acids is 1. The fourth-order valence-electron chi connectivity index (χ4n) is 3.46. The van der Waals surface area contributed by atoms with Crippen LogP contribution in [-0.4, -0.2) is 31.6 Å². The van der Waals surface area contributed by atoms with Crippen LogP contribution in [0.15, 0.2) is 29.3 Å². The summed E-state index contributed by atoms with van der Waals surface area (Å²) in [7, 11) is 0. The van der Waals surface area contributed by atoms with Crippen LogP contribution in [0.1, 0.15) is 46.2 Å². The molecule has 0 aliphatic carbocycles. The highest BCUT2D eigenvalue weighted by Gasteiger charge is 2.36. The van der Waals surface area contributed by atoms with Crippen LogP contribution in [0.3, 0.4) is 0 Å². The summed E-state index contributed by atoms with van der Waals surface area (Å²) in [4.78, 5) is 17.9. The highest BCUT2D eigenvalue weighted by atomic mass is 32.1. The largest absolute Gasteiger partial charge is 0.481 e.